The lowest BCUT2D eigenvalue weighted by molar-refractivity contribution is -0.384. The monoisotopic (exact) mass is 345 g/mol. The lowest BCUT2D eigenvalue weighted by Gasteiger charge is -2.14. The number of hydrogen-bond acceptors (Lipinski definition) is 6. The number of amides is 1. The first-order chi connectivity index (χ1) is 10.7. The summed E-state index contributed by atoms with van der Waals surface area (Å²) in [6, 6.07) is 3.73. The first-order valence-corrected chi connectivity index (χ1v) is 8.53. The van der Waals surface area contributed by atoms with Crippen LogP contribution in [0.5, 0.6) is 5.75 Å². The molecule has 0 aliphatic carbocycles. The van der Waals surface area contributed by atoms with Crippen molar-refractivity contribution in [2.24, 2.45) is 0 Å². The summed E-state index contributed by atoms with van der Waals surface area (Å²) >= 11 is 0. The Kier molecular flexibility index (Phi) is 6.46. The van der Waals surface area contributed by atoms with Crippen molar-refractivity contribution in [3.63, 3.8) is 0 Å². The standard InChI is InChI=1S/C13H19N3O6S/c1-15(23(3,20)21)8-4-7-14-13(17)11-9-10(16(18)19)5-6-12(11)22-2/h5-6,9H,4,7-8H2,1-3H3,(H,14,17). The molecule has 0 saturated heterocycles. The van der Waals surface area contributed by atoms with Gasteiger partial charge in [0, 0.05) is 32.3 Å². The van der Waals surface area contributed by atoms with E-state index < -0.39 is 20.9 Å². The number of carbonyl (C=O) groups excluding carboxylic acids is 1. The predicted molar refractivity (Wildman–Crippen MR) is 84.1 cm³/mol. The highest BCUT2D eigenvalue weighted by molar-refractivity contribution is 7.88. The van der Waals surface area contributed by atoms with Crippen LogP contribution in [0, 0.1) is 10.1 Å². The van der Waals surface area contributed by atoms with Crippen molar-refractivity contribution in [2.75, 3.05) is 33.5 Å². The molecule has 0 atom stereocenters. The summed E-state index contributed by atoms with van der Waals surface area (Å²) in [7, 11) is -0.451. The van der Waals surface area contributed by atoms with Gasteiger partial charge in [-0.3, -0.25) is 14.9 Å². The first-order valence-electron chi connectivity index (χ1n) is 6.68. The van der Waals surface area contributed by atoms with E-state index in [-0.39, 0.29) is 30.1 Å². The summed E-state index contributed by atoms with van der Waals surface area (Å²) in [5.41, 5.74) is -0.161. The summed E-state index contributed by atoms with van der Waals surface area (Å²) < 4.78 is 28.6. The van der Waals surface area contributed by atoms with E-state index in [1.54, 1.807) is 0 Å². The fraction of sp³-hybridized carbons (Fsp3) is 0.462. The summed E-state index contributed by atoms with van der Waals surface area (Å²) in [5.74, 6) is -0.297. The maximum atomic E-state index is 12.1. The van der Waals surface area contributed by atoms with Gasteiger partial charge in [0.05, 0.1) is 23.9 Å². The van der Waals surface area contributed by atoms with Gasteiger partial charge in [-0.25, -0.2) is 12.7 Å². The molecule has 0 aliphatic rings. The number of nitro groups is 1. The van der Waals surface area contributed by atoms with E-state index in [2.05, 4.69) is 5.32 Å². The Morgan fingerprint density at radius 1 is 1.43 bits per heavy atom. The molecule has 0 spiro atoms. The summed E-state index contributed by atoms with van der Waals surface area (Å²) in [6.45, 7) is 0.482. The fourth-order valence-electron chi connectivity index (χ4n) is 1.75. The minimum Gasteiger partial charge on any atom is -0.496 e. The van der Waals surface area contributed by atoms with Crippen LogP contribution < -0.4 is 10.1 Å². The highest BCUT2D eigenvalue weighted by Crippen LogP contribution is 2.23. The molecule has 1 rings (SSSR count). The molecular formula is C13H19N3O6S. The van der Waals surface area contributed by atoms with Crippen LogP contribution in [-0.2, 0) is 10.0 Å². The van der Waals surface area contributed by atoms with Gasteiger partial charge in [0.25, 0.3) is 11.6 Å². The van der Waals surface area contributed by atoms with Gasteiger partial charge >= 0.3 is 0 Å². The van der Waals surface area contributed by atoms with E-state index in [1.165, 1.54) is 30.6 Å². The van der Waals surface area contributed by atoms with E-state index in [9.17, 15) is 23.3 Å². The third-order valence-corrected chi connectivity index (χ3v) is 4.45. The molecule has 10 heteroatoms. The highest BCUT2D eigenvalue weighted by atomic mass is 32.2. The lowest BCUT2D eigenvalue weighted by Crippen LogP contribution is -2.31. The molecule has 0 saturated carbocycles. The summed E-state index contributed by atoms with van der Waals surface area (Å²) in [5, 5.41) is 13.4. The molecule has 0 fully saturated rings. The normalized spacial score (nSPS) is 11.3. The predicted octanol–water partition coefficient (Wildman–Crippen LogP) is 0.615. The van der Waals surface area contributed by atoms with E-state index >= 15 is 0 Å². The number of ether oxygens (including phenoxy) is 1. The Balaban J connectivity index is 2.68. The molecule has 9 nitrogen and oxygen atoms in total. The van der Waals surface area contributed by atoms with Crippen molar-refractivity contribution in [2.45, 2.75) is 6.42 Å². The second-order valence-electron chi connectivity index (χ2n) is 4.84. The molecule has 0 radical (unpaired) electrons. The topological polar surface area (TPSA) is 119 Å². The quantitative estimate of drug-likeness (QED) is 0.419. The molecule has 1 aromatic rings. The molecule has 1 amide bonds. The number of hydrogen-bond donors (Lipinski definition) is 1. The zero-order valence-electron chi connectivity index (χ0n) is 13.1. The van der Waals surface area contributed by atoms with Crippen LogP contribution >= 0.6 is 0 Å². The minimum absolute atomic E-state index is 0.0539. The van der Waals surface area contributed by atoms with Crippen molar-refractivity contribution in [3.05, 3.63) is 33.9 Å². The zero-order chi connectivity index (χ0) is 17.6. The molecule has 0 aromatic heterocycles. The minimum atomic E-state index is -3.26. The van der Waals surface area contributed by atoms with Crippen molar-refractivity contribution >= 4 is 21.6 Å². The van der Waals surface area contributed by atoms with Gasteiger partial charge in [0.15, 0.2) is 0 Å². The van der Waals surface area contributed by atoms with E-state index in [0.717, 1.165) is 12.3 Å². The molecule has 0 aliphatic heterocycles. The molecule has 0 unspecified atom stereocenters. The van der Waals surface area contributed by atoms with E-state index in [0.29, 0.717) is 6.42 Å². The summed E-state index contributed by atoms with van der Waals surface area (Å²) in [6.07, 6.45) is 1.51. The van der Waals surface area contributed by atoms with E-state index in [4.69, 9.17) is 4.74 Å². The van der Waals surface area contributed by atoms with Gasteiger partial charge in [-0.05, 0) is 12.5 Å². The molecule has 23 heavy (non-hydrogen) atoms. The molecule has 1 N–H and O–H groups in total. The Morgan fingerprint density at radius 3 is 2.61 bits per heavy atom. The van der Waals surface area contributed by atoms with Crippen molar-refractivity contribution in [1.82, 2.24) is 9.62 Å². The molecule has 128 valence electrons. The number of non-ortho nitro benzene ring substituents is 1. The number of sulfonamides is 1. The van der Waals surface area contributed by atoms with Gasteiger partial charge in [-0.15, -0.1) is 0 Å². The van der Waals surface area contributed by atoms with Gasteiger partial charge < -0.3 is 10.1 Å². The maximum absolute atomic E-state index is 12.1. The number of rotatable bonds is 8. The van der Waals surface area contributed by atoms with Crippen molar-refractivity contribution < 1.29 is 22.9 Å². The van der Waals surface area contributed by atoms with Crippen molar-refractivity contribution in [3.8, 4) is 5.75 Å². The average molecular weight is 345 g/mol. The summed E-state index contributed by atoms with van der Waals surface area (Å²) in [4.78, 5) is 22.3. The number of benzene rings is 1. The Bertz CT molecular complexity index is 689. The number of nitro benzene ring substituents is 1. The number of carbonyl (C=O) groups is 1. The SMILES string of the molecule is COc1ccc([N+](=O)[O-])cc1C(=O)NCCCN(C)S(C)(=O)=O. The van der Waals surface area contributed by atoms with Crippen LogP contribution in [0.25, 0.3) is 0 Å². The molecule has 0 heterocycles. The first kappa shape index (κ1) is 18.8. The van der Waals surface area contributed by atoms with Crippen LogP contribution in [0.1, 0.15) is 16.8 Å². The Labute approximate surface area is 134 Å². The number of methoxy groups -OCH3 is 1. The fourth-order valence-corrected chi connectivity index (χ4v) is 2.21. The third kappa shape index (κ3) is 5.49. The van der Waals surface area contributed by atoms with Gasteiger partial charge in [0.2, 0.25) is 10.0 Å². The van der Waals surface area contributed by atoms with Gasteiger partial charge in [0.1, 0.15) is 5.75 Å². The van der Waals surface area contributed by atoms with Crippen molar-refractivity contribution in [1.29, 1.82) is 0 Å². The largest absolute Gasteiger partial charge is 0.496 e. The van der Waals surface area contributed by atoms with Crippen LogP contribution in [0.2, 0.25) is 0 Å². The Hall–Kier alpha value is -2.20. The highest BCUT2D eigenvalue weighted by Gasteiger charge is 2.17. The molecule has 1 aromatic carbocycles. The lowest BCUT2D eigenvalue weighted by atomic mass is 10.1. The second kappa shape index (κ2) is 7.88. The van der Waals surface area contributed by atoms with Crippen LogP contribution in [0.15, 0.2) is 18.2 Å². The smallest absolute Gasteiger partial charge is 0.270 e. The van der Waals surface area contributed by atoms with Gasteiger partial charge in [-0.2, -0.15) is 0 Å². The van der Waals surface area contributed by atoms with Crippen LogP contribution in [0.3, 0.4) is 0 Å². The van der Waals surface area contributed by atoms with Gasteiger partial charge in [-0.1, -0.05) is 0 Å². The van der Waals surface area contributed by atoms with Crippen LogP contribution in [0.4, 0.5) is 5.69 Å². The zero-order valence-corrected chi connectivity index (χ0v) is 13.9. The molecule has 0 bridgehead atoms. The molecular weight excluding hydrogens is 326 g/mol. The second-order valence-corrected chi connectivity index (χ2v) is 6.93. The maximum Gasteiger partial charge on any atom is 0.270 e. The average Bonchev–Trinajstić information content (AvgIpc) is 2.49. The number of nitrogens with one attached hydrogen (secondary N) is 1. The van der Waals surface area contributed by atoms with E-state index in [1.807, 2.05) is 0 Å². The Morgan fingerprint density at radius 2 is 2.09 bits per heavy atom. The number of nitrogens with zero attached hydrogens (tertiary/aromatic N) is 2. The van der Waals surface area contributed by atoms with Crippen LogP contribution in [-0.4, -0.2) is 57.1 Å². The third-order valence-electron chi connectivity index (χ3n) is 3.14.